The Hall–Kier alpha value is -0.450. The van der Waals surface area contributed by atoms with Crippen molar-refractivity contribution in [2.24, 2.45) is 5.92 Å². The van der Waals surface area contributed by atoms with Crippen LogP contribution in [0.2, 0.25) is 5.02 Å². The summed E-state index contributed by atoms with van der Waals surface area (Å²) < 4.78 is 19.3. The molecule has 1 aromatic carbocycles. The van der Waals surface area contributed by atoms with Crippen molar-refractivity contribution in [2.45, 2.75) is 20.0 Å². The summed E-state index contributed by atoms with van der Waals surface area (Å²) >= 11 is 8.84. The van der Waals surface area contributed by atoms with Gasteiger partial charge in [-0.05, 0) is 34.0 Å². The summed E-state index contributed by atoms with van der Waals surface area (Å²) in [5, 5.41) is -0.0885. The normalized spacial score (nSPS) is 12.9. The van der Waals surface area contributed by atoms with E-state index in [-0.39, 0.29) is 16.5 Å². The van der Waals surface area contributed by atoms with Crippen molar-refractivity contribution >= 4 is 33.3 Å². The van der Waals surface area contributed by atoms with E-state index in [1.807, 2.05) is 13.8 Å². The Morgan fingerprint density at radius 3 is 2.53 bits per heavy atom. The lowest BCUT2D eigenvalue weighted by molar-refractivity contribution is 0.0455. The van der Waals surface area contributed by atoms with E-state index in [0.717, 1.165) is 0 Å². The minimum Gasteiger partial charge on any atom is -0.373 e. The molecule has 0 saturated carbocycles. The lowest BCUT2D eigenvalue weighted by Crippen LogP contribution is -2.29. The summed E-state index contributed by atoms with van der Waals surface area (Å²) in [6.45, 7) is 3.68. The van der Waals surface area contributed by atoms with Crippen LogP contribution in [0.25, 0.3) is 0 Å². The summed E-state index contributed by atoms with van der Waals surface area (Å²) in [4.78, 5) is 12.1. The standard InChI is InChI=1S/C12H13BrClFO2/c1-6(2)12(17-3)11(16)7-4-5-8(13)9(14)10(7)15/h4-6,12H,1-3H3. The Balaban J connectivity index is 3.17. The van der Waals surface area contributed by atoms with Crippen LogP contribution in [0.5, 0.6) is 0 Å². The second kappa shape index (κ2) is 5.94. The van der Waals surface area contributed by atoms with Crippen molar-refractivity contribution in [3.63, 3.8) is 0 Å². The minimum absolute atomic E-state index is 0.0330. The van der Waals surface area contributed by atoms with E-state index in [0.29, 0.717) is 4.47 Å². The Kier molecular flexibility index (Phi) is 5.10. The van der Waals surface area contributed by atoms with Gasteiger partial charge in [-0.2, -0.15) is 0 Å². The van der Waals surface area contributed by atoms with Gasteiger partial charge in [0.05, 0.1) is 10.6 Å². The maximum absolute atomic E-state index is 13.8. The molecular weight excluding hydrogens is 310 g/mol. The zero-order valence-corrected chi connectivity index (χ0v) is 12.1. The summed E-state index contributed by atoms with van der Waals surface area (Å²) in [6, 6.07) is 2.95. The summed E-state index contributed by atoms with van der Waals surface area (Å²) in [5.74, 6) is -1.14. The van der Waals surface area contributed by atoms with Crippen LogP contribution in [0.4, 0.5) is 4.39 Å². The Bertz CT molecular complexity index is 435. The lowest BCUT2D eigenvalue weighted by atomic mass is 9.97. The highest BCUT2D eigenvalue weighted by Crippen LogP contribution is 2.29. The van der Waals surface area contributed by atoms with Crippen molar-refractivity contribution in [1.29, 1.82) is 0 Å². The third-order valence-electron chi connectivity index (χ3n) is 2.42. The fourth-order valence-electron chi connectivity index (χ4n) is 1.55. The van der Waals surface area contributed by atoms with Gasteiger partial charge in [-0.15, -0.1) is 0 Å². The highest BCUT2D eigenvalue weighted by atomic mass is 79.9. The topological polar surface area (TPSA) is 26.3 Å². The lowest BCUT2D eigenvalue weighted by Gasteiger charge is -2.18. The molecule has 0 amide bonds. The number of benzene rings is 1. The van der Waals surface area contributed by atoms with Crippen molar-refractivity contribution in [2.75, 3.05) is 7.11 Å². The molecule has 1 rings (SSSR count). The molecule has 0 aliphatic rings. The molecule has 0 fully saturated rings. The van der Waals surface area contributed by atoms with Crippen LogP contribution in [0.1, 0.15) is 24.2 Å². The highest BCUT2D eigenvalue weighted by Gasteiger charge is 2.26. The van der Waals surface area contributed by atoms with Gasteiger partial charge >= 0.3 is 0 Å². The van der Waals surface area contributed by atoms with Crippen LogP contribution >= 0.6 is 27.5 Å². The molecule has 0 saturated heterocycles. The van der Waals surface area contributed by atoms with Gasteiger partial charge in [0, 0.05) is 11.6 Å². The molecule has 17 heavy (non-hydrogen) atoms. The van der Waals surface area contributed by atoms with Crippen LogP contribution in [0.15, 0.2) is 16.6 Å². The fourth-order valence-corrected chi connectivity index (χ4v) is 2.02. The molecule has 0 N–H and O–H groups in total. The predicted molar refractivity (Wildman–Crippen MR) is 69.1 cm³/mol. The molecule has 0 spiro atoms. The quantitative estimate of drug-likeness (QED) is 0.616. The van der Waals surface area contributed by atoms with Crippen molar-refractivity contribution in [3.05, 3.63) is 33.0 Å². The summed E-state index contributed by atoms with van der Waals surface area (Å²) in [7, 11) is 1.43. The monoisotopic (exact) mass is 322 g/mol. The Labute approximate surface area is 113 Å². The van der Waals surface area contributed by atoms with Crippen molar-refractivity contribution in [1.82, 2.24) is 0 Å². The minimum atomic E-state index is -0.714. The van der Waals surface area contributed by atoms with E-state index in [1.165, 1.54) is 13.2 Å². The molecule has 0 aliphatic carbocycles. The molecule has 1 unspecified atom stereocenters. The molecule has 5 heteroatoms. The van der Waals surface area contributed by atoms with E-state index in [4.69, 9.17) is 16.3 Å². The van der Waals surface area contributed by atoms with Gasteiger partial charge in [0.15, 0.2) is 11.6 Å². The van der Waals surface area contributed by atoms with Gasteiger partial charge < -0.3 is 4.74 Å². The van der Waals surface area contributed by atoms with Gasteiger partial charge in [-0.3, -0.25) is 4.79 Å². The van der Waals surface area contributed by atoms with Gasteiger partial charge in [0.2, 0.25) is 0 Å². The number of hydrogen-bond acceptors (Lipinski definition) is 2. The first kappa shape index (κ1) is 14.6. The largest absolute Gasteiger partial charge is 0.373 e. The van der Waals surface area contributed by atoms with Crippen LogP contribution in [0, 0.1) is 11.7 Å². The van der Waals surface area contributed by atoms with Gasteiger partial charge in [-0.1, -0.05) is 25.4 Å². The van der Waals surface area contributed by atoms with E-state index >= 15 is 0 Å². The molecule has 0 aliphatic heterocycles. The first-order valence-corrected chi connectivity index (χ1v) is 6.27. The zero-order chi connectivity index (χ0) is 13.2. The summed E-state index contributed by atoms with van der Waals surface area (Å²) in [5.41, 5.74) is -0.0428. The van der Waals surface area contributed by atoms with Crippen molar-refractivity contribution in [3.8, 4) is 0 Å². The molecule has 0 radical (unpaired) electrons. The van der Waals surface area contributed by atoms with Crippen LogP contribution in [0.3, 0.4) is 0 Å². The Morgan fingerprint density at radius 2 is 2.06 bits per heavy atom. The molecule has 1 atom stereocenters. The first-order valence-electron chi connectivity index (χ1n) is 5.10. The highest BCUT2D eigenvalue weighted by molar-refractivity contribution is 9.10. The fraction of sp³-hybridized carbons (Fsp3) is 0.417. The van der Waals surface area contributed by atoms with E-state index in [2.05, 4.69) is 15.9 Å². The number of Topliss-reactive ketones (excluding diaryl/α,β-unsaturated/α-hetero) is 1. The number of rotatable bonds is 4. The van der Waals surface area contributed by atoms with E-state index in [1.54, 1.807) is 6.07 Å². The SMILES string of the molecule is COC(C(=O)c1ccc(Br)c(Cl)c1F)C(C)C. The van der Waals surface area contributed by atoms with Gasteiger partial charge in [-0.25, -0.2) is 4.39 Å². The molecule has 0 bridgehead atoms. The predicted octanol–water partition coefficient (Wildman–Crippen LogP) is 4.10. The van der Waals surface area contributed by atoms with Crippen LogP contribution < -0.4 is 0 Å². The maximum atomic E-state index is 13.8. The maximum Gasteiger partial charge on any atom is 0.194 e. The third kappa shape index (κ3) is 3.06. The molecule has 1 aromatic rings. The molecule has 94 valence electrons. The number of ether oxygens (including phenoxy) is 1. The number of carbonyl (C=O) groups is 1. The van der Waals surface area contributed by atoms with Gasteiger partial charge in [0.1, 0.15) is 6.10 Å². The zero-order valence-electron chi connectivity index (χ0n) is 9.76. The first-order chi connectivity index (χ1) is 7.90. The average Bonchev–Trinajstić information content (AvgIpc) is 2.26. The van der Waals surface area contributed by atoms with Crippen LogP contribution in [-0.4, -0.2) is 19.0 Å². The number of carbonyl (C=O) groups excluding carboxylic acids is 1. The molecule has 0 heterocycles. The number of ketones is 1. The van der Waals surface area contributed by atoms with E-state index in [9.17, 15) is 9.18 Å². The number of methoxy groups -OCH3 is 1. The van der Waals surface area contributed by atoms with E-state index < -0.39 is 17.7 Å². The van der Waals surface area contributed by atoms with Crippen LogP contribution in [-0.2, 0) is 4.74 Å². The molecule has 0 aromatic heterocycles. The van der Waals surface area contributed by atoms with Gasteiger partial charge in [0.25, 0.3) is 0 Å². The second-order valence-corrected chi connectivity index (χ2v) is 5.22. The molecular formula is C12H13BrClFO2. The smallest absolute Gasteiger partial charge is 0.194 e. The number of hydrogen-bond donors (Lipinski definition) is 0. The number of halogens is 3. The molecule has 2 nitrogen and oxygen atoms in total. The van der Waals surface area contributed by atoms with Crippen molar-refractivity contribution < 1.29 is 13.9 Å². The third-order valence-corrected chi connectivity index (χ3v) is 3.68. The second-order valence-electron chi connectivity index (χ2n) is 3.99. The Morgan fingerprint density at radius 1 is 1.47 bits per heavy atom. The summed E-state index contributed by atoms with van der Waals surface area (Å²) in [6.07, 6.45) is -0.665. The average molecular weight is 324 g/mol.